The van der Waals surface area contributed by atoms with E-state index in [9.17, 15) is 4.79 Å². The summed E-state index contributed by atoms with van der Waals surface area (Å²) in [6.07, 6.45) is 1.41. The van der Waals surface area contributed by atoms with Crippen molar-refractivity contribution in [3.8, 4) is 0 Å². The van der Waals surface area contributed by atoms with Gasteiger partial charge in [0.15, 0.2) is 0 Å². The molecule has 2 aromatic rings. The zero-order chi connectivity index (χ0) is 13.1. The molecule has 0 aliphatic rings. The molecule has 0 aliphatic carbocycles. The van der Waals surface area contributed by atoms with Crippen molar-refractivity contribution < 1.29 is 4.79 Å². The normalized spacial score (nSPS) is 10.1. The number of anilines is 2. The Balaban J connectivity index is 2.24. The Morgan fingerprint density at radius 1 is 1.17 bits per heavy atom. The predicted octanol–water partition coefficient (Wildman–Crippen LogP) is 3.22. The van der Waals surface area contributed by atoms with Crippen molar-refractivity contribution in [2.45, 2.75) is 0 Å². The molecule has 0 radical (unpaired) electrons. The number of nitrogens with zero attached hydrogens (tertiary/aromatic N) is 1. The van der Waals surface area contributed by atoms with Gasteiger partial charge in [0.1, 0.15) is 5.69 Å². The topological polar surface area (TPSA) is 68.0 Å². The summed E-state index contributed by atoms with van der Waals surface area (Å²) in [6, 6.07) is 8.09. The molecule has 92 valence electrons. The third-order valence-corrected chi connectivity index (χ3v) is 2.85. The number of nitrogen functional groups attached to an aromatic ring is 1. The first kappa shape index (κ1) is 12.7. The Labute approximate surface area is 114 Å². The van der Waals surface area contributed by atoms with Crippen molar-refractivity contribution in [1.29, 1.82) is 0 Å². The molecule has 18 heavy (non-hydrogen) atoms. The number of amides is 1. The van der Waals surface area contributed by atoms with Crippen LogP contribution in [0.2, 0.25) is 10.0 Å². The van der Waals surface area contributed by atoms with E-state index in [4.69, 9.17) is 28.9 Å². The Hall–Kier alpha value is -1.78. The third-order valence-electron chi connectivity index (χ3n) is 2.22. The number of carbonyl (C=O) groups excluding carboxylic acids is 1. The summed E-state index contributed by atoms with van der Waals surface area (Å²) in [6.45, 7) is 0. The SMILES string of the molecule is Nc1ccc(C(=O)Nc2c(Cl)cccc2Cl)nc1. The van der Waals surface area contributed by atoms with E-state index in [1.54, 1.807) is 24.3 Å². The maximum Gasteiger partial charge on any atom is 0.274 e. The molecule has 1 heterocycles. The third kappa shape index (κ3) is 2.72. The second-order valence-electron chi connectivity index (χ2n) is 3.53. The fourth-order valence-electron chi connectivity index (χ4n) is 1.33. The first-order valence-electron chi connectivity index (χ1n) is 5.05. The minimum absolute atomic E-state index is 0.236. The van der Waals surface area contributed by atoms with Crippen LogP contribution in [0.3, 0.4) is 0 Å². The van der Waals surface area contributed by atoms with Crippen LogP contribution in [-0.2, 0) is 0 Å². The smallest absolute Gasteiger partial charge is 0.274 e. The maximum atomic E-state index is 11.9. The highest BCUT2D eigenvalue weighted by Gasteiger charge is 2.12. The van der Waals surface area contributed by atoms with E-state index in [1.165, 1.54) is 12.3 Å². The molecule has 4 nitrogen and oxygen atoms in total. The van der Waals surface area contributed by atoms with Gasteiger partial charge in [-0.15, -0.1) is 0 Å². The van der Waals surface area contributed by atoms with Crippen LogP contribution in [0.25, 0.3) is 0 Å². The number of nitrogens with one attached hydrogen (secondary N) is 1. The van der Waals surface area contributed by atoms with Crippen molar-refractivity contribution in [3.63, 3.8) is 0 Å². The van der Waals surface area contributed by atoms with E-state index in [0.29, 0.717) is 21.4 Å². The molecule has 1 aromatic heterocycles. The zero-order valence-corrected chi connectivity index (χ0v) is 10.7. The van der Waals surface area contributed by atoms with E-state index >= 15 is 0 Å². The second-order valence-corrected chi connectivity index (χ2v) is 4.34. The summed E-state index contributed by atoms with van der Waals surface area (Å²) >= 11 is 11.9. The van der Waals surface area contributed by atoms with Crippen molar-refractivity contribution in [2.75, 3.05) is 11.1 Å². The number of halogens is 2. The summed E-state index contributed by atoms with van der Waals surface area (Å²) in [5.41, 5.74) is 6.58. The molecule has 0 atom stereocenters. The maximum absolute atomic E-state index is 11.9. The lowest BCUT2D eigenvalue weighted by Crippen LogP contribution is -2.14. The highest BCUT2D eigenvalue weighted by molar-refractivity contribution is 6.39. The van der Waals surface area contributed by atoms with Crippen LogP contribution < -0.4 is 11.1 Å². The predicted molar refractivity (Wildman–Crippen MR) is 73.1 cm³/mol. The lowest BCUT2D eigenvalue weighted by molar-refractivity contribution is 0.102. The Morgan fingerprint density at radius 3 is 2.39 bits per heavy atom. The van der Waals surface area contributed by atoms with Crippen molar-refractivity contribution >= 4 is 40.5 Å². The number of rotatable bonds is 2. The first-order chi connectivity index (χ1) is 8.58. The standard InChI is InChI=1S/C12H9Cl2N3O/c13-8-2-1-3-9(14)11(8)17-12(18)10-5-4-7(15)6-16-10/h1-6H,15H2,(H,17,18). The molecule has 0 saturated heterocycles. The van der Waals surface area contributed by atoms with Crippen LogP contribution in [0.5, 0.6) is 0 Å². The molecule has 2 rings (SSSR count). The number of para-hydroxylation sites is 1. The quantitative estimate of drug-likeness (QED) is 0.888. The van der Waals surface area contributed by atoms with E-state index in [2.05, 4.69) is 10.3 Å². The van der Waals surface area contributed by atoms with E-state index in [-0.39, 0.29) is 5.69 Å². The van der Waals surface area contributed by atoms with Gasteiger partial charge >= 0.3 is 0 Å². The number of nitrogens with two attached hydrogens (primary N) is 1. The highest BCUT2D eigenvalue weighted by Crippen LogP contribution is 2.30. The van der Waals surface area contributed by atoms with Gasteiger partial charge < -0.3 is 11.1 Å². The average molecular weight is 282 g/mol. The van der Waals surface area contributed by atoms with Crippen LogP contribution in [0.4, 0.5) is 11.4 Å². The molecule has 0 unspecified atom stereocenters. The number of carbonyl (C=O) groups is 1. The Kier molecular flexibility index (Phi) is 3.69. The fraction of sp³-hybridized carbons (Fsp3) is 0. The van der Waals surface area contributed by atoms with Gasteiger partial charge in [-0.05, 0) is 24.3 Å². The van der Waals surface area contributed by atoms with Gasteiger partial charge in [-0.25, -0.2) is 4.98 Å². The fourth-order valence-corrected chi connectivity index (χ4v) is 1.83. The van der Waals surface area contributed by atoms with Gasteiger partial charge in [0.25, 0.3) is 5.91 Å². The molecule has 3 N–H and O–H groups in total. The largest absolute Gasteiger partial charge is 0.397 e. The lowest BCUT2D eigenvalue weighted by atomic mass is 10.3. The summed E-state index contributed by atoms with van der Waals surface area (Å²) in [5, 5.41) is 3.34. The van der Waals surface area contributed by atoms with Crippen molar-refractivity contribution in [2.24, 2.45) is 0 Å². The monoisotopic (exact) mass is 281 g/mol. The van der Waals surface area contributed by atoms with Crippen LogP contribution in [0, 0.1) is 0 Å². The second kappa shape index (κ2) is 5.25. The van der Waals surface area contributed by atoms with E-state index in [0.717, 1.165) is 0 Å². The van der Waals surface area contributed by atoms with Crippen LogP contribution in [-0.4, -0.2) is 10.9 Å². The molecule has 1 amide bonds. The van der Waals surface area contributed by atoms with Crippen LogP contribution in [0.1, 0.15) is 10.5 Å². The Morgan fingerprint density at radius 2 is 1.83 bits per heavy atom. The molecular weight excluding hydrogens is 273 g/mol. The van der Waals surface area contributed by atoms with Gasteiger partial charge in [-0.3, -0.25) is 4.79 Å². The molecule has 0 saturated carbocycles. The number of pyridine rings is 1. The van der Waals surface area contributed by atoms with Crippen LogP contribution in [0.15, 0.2) is 36.5 Å². The zero-order valence-electron chi connectivity index (χ0n) is 9.15. The Bertz CT molecular complexity index is 564. The number of aromatic nitrogens is 1. The number of hydrogen-bond acceptors (Lipinski definition) is 3. The van der Waals surface area contributed by atoms with Gasteiger partial charge in [0, 0.05) is 0 Å². The van der Waals surface area contributed by atoms with Gasteiger partial charge in [0.05, 0.1) is 27.6 Å². The molecule has 0 spiro atoms. The van der Waals surface area contributed by atoms with Gasteiger partial charge in [-0.1, -0.05) is 29.3 Å². The van der Waals surface area contributed by atoms with Crippen molar-refractivity contribution in [1.82, 2.24) is 4.98 Å². The summed E-state index contributed by atoms with van der Waals surface area (Å²) in [7, 11) is 0. The minimum atomic E-state index is -0.398. The molecular formula is C12H9Cl2N3O. The molecule has 0 aliphatic heterocycles. The molecule has 0 bridgehead atoms. The average Bonchev–Trinajstić information content (AvgIpc) is 2.34. The number of benzene rings is 1. The van der Waals surface area contributed by atoms with Gasteiger partial charge in [-0.2, -0.15) is 0 Å². The first-order valence-corrected chi connectivity index (χ1v) is 5.80. The van der Waals surface area contributed by atoms with Crippen LogP contribution >= 0.6 is 23.2 Å². The summed E-state index contributed by atoms with van der Waals surface area (Å²) < 4.78 is 0. The van der Waals surface area contributed by atoms with E-state index in [1.807, 2.05) is 0 Å². The molecule has 1 aromatic carbocycles. The van der Waals surface area contributed by atoms with Crippen molar-refractivity contribution in [3.05, 3.63) is 52.3 Å². The minimum Gasteiger partial charge on any atom is -0.397 e. The molecule has 6 heteroatoms. The summed E-state index contributed by atoms with van der Waals surface area (Å²) in [5.74, 6) is -0.398. The number of hydrogen-bond donors (Lipinski definition) is 2. The summed E-state index contributed by atoms with van der Waals surface area (Å²) in [4.78, 5) is 15.8. The van der Waals surface area contributed by atoms with Gasteiger partial charge in [0.2, 0.25) is 0 Å². The highest BCUT2D eigenvalue weighted by atomic mass is 35.5. The molecule has 0 fully saturated rings. The lowest BCUT2D eigenvalue weighted by Gasteiger charge is -2.08. The van der Waals surface area contributed by atoms with E-state index < -0.39 is 5.91 Å².